The van der Waals surface area contributed by atoms with Gasteiger partial charge in [0, 0.05) is 25.5 Å². The van der Waals surface area contributed by atoms with Gasteiger partial charge in [-0.25, -0.2) is 18.3 Å². The number of ether oxygens (including phenoxy) is 1. The summed E-state index contributed by atoms with van der Waals surface area (Å²) in [5.74, 6) is 0.895. The van der Waals surface area contributed by atoms with E-state index in [1.807, 2.05) is 6.07 Å². The van der Waals surface area contributed by atoms with Crippen molar-refractivity contribution in [3.8, 4) is 0 Å². The van der Waals surface area contributed by atoms with Gasteiger partial charge < -0.3 is 30.3 Å². The Morgan fingerprint density at radius 2 is 2.04 bits per heavy atom. The van der Waals surface area contributed by atoms with E-state index in [9.17, 15) is 18.7 Å². The number of anilines is 2. The third kappa shape index (κ3) is 6.42. The average molecular weight is 628 g/mol. The van der Waals surface area contributed by atoms with E-state index in [4.69, 9.17) is 9.72 Å². The van der Waals surface area contributed by atoms with Gasteiger partial charge in [0.25, 0.3) is 12.3 Å². The van der Waals surface area contributed by atoms with Gasteiger partial charge in [0.2, 0.25) is 0 Å². The predicted octanol–water partition coefficient (Wildman–Crippen LogP) is 3.26. The van der Waals surface area contributed by atoms with Crippen molar-refractivity contribution in [3.05, 3.63) is 35.9 Å². The Labute approximate surface area is 261 Å². The van der Waals surface area contributed by atoms with Crippen LogP contribution in [0.3, 0.4) is 0 Å². The van der Waals surface area contributed by atoms with E-state index in [0.29, 0.717) is 44.5 Å². The lowest BCUT2D eigenvalue weighted by molar-refractivity contribution is -0.0322. The number of nitrogens with zero attached hydrogens (tertiary/aromatic N) is 7. The molecule has 12 nitrogen and oxygen atoms in total. The van der Waals surface area contributed by atoms with Crippen molar-refractivity contribution in [1.82, 2.24) is 34.6 Å². The summed E-state index contributed by atoms with van der Waals surface area (Å²) in [6.45, 7) is 5.11. The first-order valence-corrected chi connectivity index (χ1v) is 16.3. The molecule has 3 aromatic heterocycles. The zero-order valence-electron chi connectivity index (χ0n) is 25.7. The largest absolute Gasteiger partial charge is 0.389 e. The summed E-state index contributed by atoms with van der Waals surface area (Å²) in [7, 11) is 2.06. The smallest absolute Gasteiger partial charge is 0.284 e. The topological polar surface area (TPSA) is 125 Å². The number of halogens is 2. The number of aromatic nitrogens is 5. The lowest BCUT2D eigenvalue weighted by Gasteiger charge is -2.39. The van der Waals surface area contributed by atoms with E-state index < -0.39 is 23.6 Å². The van der Waals surface area contributed by atoms with Crippen molar-refractivity contribution in [2.24, 2.45) is 5.92 Å². The Hall–Kier alpha value is -3.20. The summed E-state index contributed by atoms with van der Waals surface area (Å²) in [5.41, 5.74) is -0.769. The molecule has 244 valence electrons. The summed E-state index contributed by atoms with van der Waals surface area (Å²) in [6.07, 6.45) is 8.82. The maximum atomic E-state index is 14.1. The van der Waals surface area contributed by atoms with Gasteiger partial charge >= 0.3 is 0 Å². The second kappa shape index (κ2) is 12.5. The monoisotopic (exact) mass is 627 g/mol. The van der Waals surface area contributed by atoms with Gasteiger partial charge in [-0.05, 0) is 90.0 Å². The number of fused-ring (bicyclic) bond motifs is 3. The van der Waals surface area contributed by atoms with E-state index in [1.165, 1.54) is 34.4 Å². The highest BCUT2D eigenvalue weighted by Crippen LogP contribution is 2.37. The molecule has 0 aromatic carbocycles. The number of hydrogen-bond donors (Lipinski definition) is 3. The molecule has 3 aromatic rings. The second-order valence-electron chi connectivity index (χ2n) is 13.4. The van der Waals surface area contributed by atoms with Crippen LogP contribution in [-0.4, -0.2) is 104 Å². The number of aliphatic hydroxyl groups is 1. The molecule has 0 unspecified atom stereocenters. The number of likely N-dealkylation sites (N-methyl/N-ethyl adjacent to an activating group) is 1. The average Bonchev–Trinajstić information content (AvgIpc) is 3.84. The molecular weight excluding hydrogens is 584 g/mol. The van der Waals surface area contributed by atoms with E-state index >= 15 is 0 Å². The maximum Gasteiger partial charge on any atom is 0.284 e. The minimum Gasteiger partial charge on any atom is -0.389 e. The molecule has 0 radical (unpaired) electrons. The molecule has 3 saturated heterocycles. The third-order valence-corrected chi connectivity index (χ3v) is 10.2. The number of nitrogens with one attached hydrogen (secondary N) is 2. The van der Waals surface area contributed by atoms with Crippen LogP contribution >= 0.6 is 0 Å². The highest BCUT2D eigenvalue weighted by Gasteiger charge is 2.40. The predicted molar refractivity (Wildman–Crippen MR) is 164 cm³/mol. The van der Waals surface area contributed by atoms with Crippen LogP contribution in [0.4, 0.5) is 20.3 Å². The Morgan fingerprint density at radius 3 is 2.76 bits per heavy atom. The molecule has 1 amide bonds. The lowest BCUT2D eigenvalue weighted by Crippen LogP contribution is -2.45. The number of carbonyl (C=O) groups is 1. The molecule has 14 heteroatoms. The summed E-state index contributed by atoms with van der Waals surface area (Å²) >= 11 is 0. The number of alkyl halides is 2. The van der Waals surface area contributed by atoms with Crippen LogP contribution in [0.2, 0.25) is 0 Å². The summed E-state index contributed by atoms with van der Waals surface area (Å²) in [6, 6.07) is 1.97. The van der Waals surface area contributed by atoms with E-state index in [2.05, 4.69) is 37.7 Å². The van der Waals surface area contributed by atoms with Crippen molar-refractivity contribution in [2.45, 2.75) is 81.6 Å². The van der Waals surface area contributed by atoms with Gasteiger partial charge in [-0.1, -0.05) is 0 Å². The second-order valence-corrected chi connectivity index (χ2v) is 13.4. The molecule has 2 atom stereocenters. The zero-order valence-corrected chi connectivity index (χ0v) is 25.7. The van der Waals surface area contributed by atoms with Crippen molar-refractivity contribution in [2.75, 3.05) is 56.6 Å². The molecule has 3 N–H and O–H groups in total. The van der Waals surface area contributed by atoms with Gasteiger partial charge in [-0.2, -0.15) is 10.2 Å². The van der Waals surface area contributed by atoms with Gasteiger partial charge in [0.1, 0.15) is 11.4 Å². The highest BCUT2D eigenvalue weighted by molar-refractivity contribution is 6.08. The minimum atomic E-state index is -2.86. The van der Waals surface area contributed by atoms with Crippen molar-refractivity contribution >= 4 is 23.1 Å². The number of hydrogen-bond acceptors (Lipinski definition) is 9. The molecule has 1 saturated carbocycles. The molecule has 2 bridgehead atoms. The molecule has 4 fully saturated rings. The molecule has 45 heavy (non-hydrogen) atoms. The van der Waals surface area contributed by atoms with Gasteiger partial charge in [-0.15, -0.1) is 0 Å². The van der Waals surface area contributed by atoms with Crippen molar-refractivity contribution in [1.29, 1.82) is 0 Å². The number of piperidine rings is 1. The fourth-order valence-corrected chi connectivity index (χ4v) is 7.62. The van der Waals surface area contributed by atoms with Crippen molar-refractivity contribution in [3.63, 3.8) is 0 Å². The standard InChI is InChI=1S/C31H43F2N9O3/c1-39(12-6-20-4-10-34-11-5-20)19-31(44)8-2-21(3-9-31)42-17-25(27(38-42)28(32)33)36-30(43)24-15-35-41-13-7-26(37-29(24)41)40-16-23-14-22(40)18-45-23/h7,13,15,17,20-23,28,34,44H,2-6,8-12,14,16,18-19H2,1H3,(H,36,43)/t21?,22-,23-,31?/m1/s1. The molecule has 4 aliphatic rings. The van der Waals surface area contributed by atoms with Crippen LogP contribution in [0.15, 0.2) is 24.7 Å². The van der Waals surface area contributed by atoms with Gasteiger partial charge in [-0.3, -0.25) is 9.48 Å². The number of rotatable bonds is 10. The van der Waals surface area contributed by atoms with E-state index in [-0.39, 0.29) is 29.4 Å². The first-order chi connectivity index (χ1) is 21.7. The van der Waals surface area contributed by atoms with Crippen LogP contribution in [-0.2, 0) is 4.74 Å². The van der Waals surface area contributed by atoms with Crippen LogP contribution < -0.4 is 15.5 Å². The normalized spacial score (nSPS) is 27.3. The Balaban J connectivity index is 0.993. The maximum absolute atomic E-state index is 14.1. The fraction of sp³-hybridized carbons (Fsp3) is 0.677. The number of amides is 1. The molecule has 1 aliphatic carbocycles. The summed E-state index contributed by atoms with van der Waals surface area (Å²) in [4.78, 5) is 22.5. The zero-order chi connectivity index (χ0) is 31.1. The highest BCUT2D eigenvalue weighted by atomic mass is 19.3. The minimum absolute atomic E-state index is 0.0296. The van der Waals surface area contributed by atoms with Crippen molar-refractivity contribution < 1.29 is 23.4 Å². The quantitative estimate of drug-likeness (QED) is 0.311. The fourth-order valence-electron chi connectivity index (χ4n) is 7.62. The molecule has 0 spiro atoms. The lowest BCUT2D eigenvalue weighted by atomic mass is 9.81. The Kier molecular flexibility index (Phi) is 8.48. The number of carbonyl (C=O) groups excluding carboxylic acids is 1. The van der Waals surface area contributed by atoms with Gasteiger partial charge in [0.15, 0.2) is 11.3 Å². The first kappa shape index (κ1) is 30.5. The Morgan fingerprint density at radius 1 is 1.24 bits per heavy atom. The SMILES string of the molecule is CN(CCC1CCNCC1)CC1(O)CCC(n2cc(NC(=O)c3cnn4ccc(N5C[C@H]6C[C@@H]5CO6)nc34)c(C(F)F)n2)CC1. The third-order valence-electron chi connectivity index (χ3n) is 10.2. The molecule has 6 heterocycles. The van der Waals surface area contributed by atoms with E-state index in [0.717, 1.165) is 50.8 Å². The van der Waals surface area contributed by atoms with Crippen LogP contribution in [0.25, 0.3) is 5.65 Å². The summed E-state index contributed by atoms with van der Waals surface area (Å²) in [5, 5.41) is 25.9. The van der Waals surface area contributed by atoms with Gasteiger partial charge in [0.05, 0.1) is 42.3 Å². The molecule has 3 aliphatic heterocycles. The summed E-state index contributed by atoms with van der Waals surface area (Å²) < 4.78 is 37.0. The van der Waals surface area contributed by atoms with Crippen LogP contribution in [0, 0.1) is 5.92 Å². The number of morpholine rings is 1. The molecular formula is C31H43F2N9O3. The van der Waals surface area contributed by atoms with E-state index in [1.54, 1.807) is 6.20 Å². The van der Waals surface area contributed by atoms with Crippen LogP contribution in [0.1, 0.15) is 79.9 Å². The Bertz CT molecular complexity index is 1500. The van der Waals surface area contributed by atoms with Crippen LogP contribution in [0.5, 0.6) is 0 Å². The first-order valence-electron chi connectivity index (χ1n) is 16.3. The molecule has 7 rings (SSSR count).